The van der Waals surface area contributed by atoms with E-state index in [1.165, 1.54) is 63.4 Å². The third-order valence-corrected chi connectivity index (χ3v) is 3.99. The van der Waals surface area contributed by atoms with Gasteiger partial charge in [0.05, 0.1) is 0 Å². The van der Waals surface area contributed by atoms with Crippen LogP contribution >= 0.6 is 0 Å². The van der Waals surface area contributed by atoms with Crippen LogP contribution in [-0.4, -0.2) is 23.9 Å². The number of hydrogen-bond donors (Lipinski definition) is 0. The molecule has 0 bridgehead atoms. The second kappa shape index (κ2) is 13.4. The zero-order valence-electron chi connectivity index (χ0n) is 14.3. The topological polar surface area (TPSA) is 0 Å². The molecule has 1 aromatic rings. The SMILES string of the molecule is CCCCC(CCCC)=C(CCCC)c1ccccc1.[Sn]. The second-order valence-corrected chi connectivity index (χ2v) is 5.76. The Balaban J connectivity index is 0.00000400. The van der Waals surface area contributed by atoms with Gasteiger partial charge in [-0.25, -0.2) is 0 Å². The van der Waals surface area contributed by atoms with Crippen LogP contribution in [0.1, 0.15) is 84.1 Å². The summed E-state index contributed by atoms with van der Waals surface area (Å²) < 4.78 is 0. The van der Waals surface area contributed by atoms with E-state index in [0.717, 1.165) is 0 Å². The normalized spacial score (nSPS) is 10.0. The van der Waals surface area contributed by atoms with Crippen molar-refractivity contribution in [3.05, 3.63) is 41.5 Å². The van der Waals surface area contributed by atoms with Crippen molar-refractivity contribution in [2.24, 2.45) is 0 Å². The summed E-state index contributed by atoms with van der Waals surface area (Å²) in [5.41, 5.74) is 4.84. The minimum Gasteiger partial charge on any atom is -0.0664 e. The van der Waals surface area contributed by atoms with Crippen molar-refractivity contribution in [3.63, 3.8) is 0 Å². The predicted molar refractivity (Wildman–Crippen MR) is 97.7 cm³/mol. The molecule has 4 radical (unpaired) electrons. The Morgan fingerprint density at radius 3 is 1.67 bits per heavy atom. The molecule has 0 aliphatic heterocycles. The quantitative estimate of drug-likeness (QED) is 0.393. The molecule has 0 saturated carbocycles. The summed E-state index contributed by atoms with van der Waals surface area (Å²) in [6, 6.07) is 11.1. The van der Waals surface area contributed by atoms with E-state index in [2.05, 4.69) is 51.1 Å². The minimum absolute atomic E-state index is 0. The molecule has 0 spiro atoms. The summed E-state index contributed by atoms with van der Waals surface area (Å²) >= 11 is 0. The van der Waals surface area contributed by atoms with Gasteiger partial charge in [0.25, 0.3) is 0 Å². The first-order valence-electron chi connectivity index (χ1n) is 8.59. The zero-order valence-corrected chi connectivity index (χ0v) is 17.1. The third-order valence-electron chi connectivity index (χ3n) is 3.99. The minimum atomic E-state index is 0. The zero-order chi connectivity index (χ0) is 14.6. The summed E-state index contributed by atoms with van der Waals surface area (Å²) in [4.78, 5) is 0. The van der Waals surface area contributed by atoms with Crippen molar-refractivity contribution in [2.45, 2.75) is 78.6 Å². The van der Waals surface area contributed by atoms with Gasteiger partial charge in [-0.15, -0.1) is 0 Å². The molecule has 0 amide bonds. The van der Waals surface area contributed by atoms with Crippen LogP contribution < -0.4 is 0 Å². The van der Waals surface area contributed by atoms with Gasteiger partial charge in [-0.05, 0) is 49.7 Å². The Bertz CT molecular complexity index is 368. The Morgan fingerprint density at radius 2 is 1.19 bits per heavy atom. The molecule has 0 aromatic heterocycles. The molecule has 0 aliphatic rings. The maximum Gasteiger partial charge on any atom is 0 e. The molecular formula is C20H32Sn. The van der Waals surface area contributed by atoms with E-state index in [-0.39, 0.29) is 23.9 Å². The summed E-state index contributed by atoms with van der Waals surface area (Å²) in [6.45, 7) is 6.89. The molecule has 0 saturated heterocycles. The van der Waals surface area contributed by atoms with E-state index in [1.54, 1.807) is 11.1 Å². The van der Waals surface area contributed by atoms with Crippen LogP contribution in [0.3, 0.4) is 0 Å². The molecular weight excluding hydrogens is 359 g/mol. The van der Waals surface area contributed by atoms with Crippen LogP contribution in [0.2, 0.25) is 0 Å². The molecule has 0 heterocycles. The Kier molecular flexibility index (Phi) is 13.3. The van der Waals surface area contributed by atoms with Crippen LogP contribution in [0, 0.1) is 0 Å². The first-order chi connectivity index (χ1) is 9.83. The van der Waals surface area contributed by atoms with Crippen molar-refractivity contribution in [1.82, 2.24) is 0 Å². The van der Waals surface area contributed by atoms with E-state index in [0.29, 0.717) is 0 Å². The first kappa shape index (κ1) is 20.8. The van der Waals surface area contributed by atoms with Crippen LogP contribution in [0.5, 0.6) is 0 Å². The molecule has 0 unspecified atom stereocenters. The van der Waals surface area contributed by atoms with Crippen molar-refractivity contribution in [3.8, 4) is 0 Å². The molecule has 0 nitrogen and oxygen atoms in total. The van der Waals surface area contributed by atoms with E-state index in [9.17, 15) is 0 Å². The van der Waals surface area contributed by atoms with Gasteiger partial charge in [-0.2, -0.15) is 0 Å². The van der Waals surface area contributed by atoms with Crippen molar-refractivity contribution >= 4 is 29.5 Å². The predicted octanol–water partition coefficient (Wildman–Crippen LogP) is 6.63. The molecule has 0 atom stereocenters. The van der Waals surface area contributed by atoms with Gasteiger partial charge >= 0.3 is 0 Å². The summed E-state index contributed by atoms with van der Waals surface area (Å²) in [5.74, 6) is 0. The van der Waals surface area contributed by atoms with Crippen LogP contribution in [0.25, 0.3) is 5.57 Å². The Hall–Kier alpha value is -0.241. The molecule has 21 heavy (non-hydrogen) atoms. The molecule has 0 aliphatic carbocycles. The maximum atomic E-state index is 2.30. The van der Waals surface area contributed by atoms with Gasteiger partial charge in [0, 0.05) is 23.9 Å². The van der Waals surface area contributed by atoms with Crippen molar-refractivity contribution in [1.29, 1.82) is 0 Å². The van der Waals surface area contributed by atoms with E-state index < -0.39 is 0 Å². The molecule has 1 aromatic carbocycles. The molecule has 0 N–H and O–H groups in total. The Labute approximate surface area is 149 Å². The van der Waals surface area contributed by atoms with Crippen LogP contribution in [0.15, 0.2) is 35.9 Å². The summed E-state index contributed by atoms with van der Waals surface area (Å²) in [7, 11) is 0. The van der Waals surface area contributed by atoms with E-state index in [4.69, 9.17) is 0 Å². The number of allylic oxidation sites excluding steroid dienone is 2. The van der Waals surface area contributed by atoms with Crippen LogP contribution in [-0.2, 0) is 0 Å². The molecule has 0 fully saturated rings. The molecule has 116 valence electrons. The van der Waals surface area contributed by atoms with Gasteiger partial charge in [-0.1, -0.05) is 75.9 Å². The molecule has 1 rings (SSSR count). The fourth-order valence-corrected chi connectivity index (χ4v) is 2.73. The Morgan fingerprint density at radius 1 is 0.714 bits per heavy atom. The van der Waals surface area contributed by atoms with Gasteiger partial charge in [0.1, 0.15) is 0 Å². The number of hydrogen-bond acceptors (Lipinski definition) is 0. The smallest absolute Gasteiger partial charge is 0 e. The van der Waals surface area contributed by atoms with E-state index in [1.807, 2.05) is 0 Å². The maximum absolute atomic E-state index is 2.30. The third kappa shape index (κ3) is 8.09. The van der Waals surface area contributed by atoms with Crippen LogP contribution in [0.4, 0.5) is 0 Å². The summed E-state index contributed by atoms with van der Waals surface area (Å²) in [6.07, 6.45) is 11.7. The number of rotatable bonds is 10. The fourth-order valence-electron chi connectivity index (χ4n) is 2.73. The largest absolute Gasteiger partial charge is 0.0664 e. The van der Waals surface area contributed by atoms with Gasteiger partial charge in [0.15, 0.2) is 0 Å². The van der Waals surface area contributed by atoms with Gasteiger partial charge in [0.2, 0.25) is 0 Å². The standard InChI is InChI=1S/C20H32.Sn/c1-4-7-13-18(14-8-5-2)20(17-9-6-3)19-15-11-10-12-16-19;/h10-12,15-16H,4-9,13-14,17H2,1-3H3;. The average Bonchev–Trinajstić information content (AvgIpc) is 2.50. The van der Waals surface area contributed by atoms with Crippen molar-refractivity contribution < 1.29 is 0 Å². The fraction of sp³-hybridized carbons (Fsp3) is 0.600. The monoisotopic (exact) mass is 392 g/mol. The van der Waals surface area contributed by atoms with Crippen molar-refractivity contribution in [2.75, 3.05) is 0 Å². The van der Waals surface area contributed by atoms with Gasteiger partial charge < -0.3 is 0 Å². The number of benzene rings is 1. The first-order valence-corrected chi connectivity index (χ1v) is 8.59. The average molecular weight is 391 g/mol. The van der Waals surface area contributed by atoms with Gasteiger partial charge in [-0.3, -0.25) is 0 Å². The second-order valence-electron chi connectivity index (χ2n) is 5.76. The summed E-state index contributed by atoms with van der Waals surface area (Å²) in [5, 5.41) is 0. The molecule has 1 heteroatoms. The number of unbranched alkanes of at least 4 members (excludes halogenated alkanes) is 3. The van der Waals surface area contributed by atoms with E-state index >= 15 is 0 Å².